The van der Waals surface area contributed by atoms with Crippen molar-refractivity contribution < 1.29 is 26.6 Å². The van der Waals surface area contributed by atoms with Gasteiger partial charge < -0.3 is 26.6 Å². The van der Waals surface area contributed by atoms with Crippen LogP contribution < -0.4 is 0 Å². The summed E-state index contributed by atoms with van der Waals surface area (Å²) in [4.78, 5) is 0. The Hall–Kier alpha value is 0.894. The number of hydrogen-bond acceptors (Lipinski definition) is 8. The Balaban J connectivity index is 0. The van der Waals surface area contributed by atoms with Crippen LogP contribution in [-0.4, -0.2) is 70.3 Å². The molecule has 148 valence electrons. The van der Waals surface area contributed by atoms with E-state index in [9.17, 15) is 0 Å². The molecule has 0 fully saturated rings. The molecule has 0 aromatic heterocycles. The van der Waals surface area contributed by atoms with Crippen LogP contribution in [0.5, 0.6) is 0 Å². The summed E-state index contributed by atoms with van der Waals surface area (Å²) < 4.78 is 32.4. The molecule has 0 rings (SSSR count). The van der Waals surface area contributed by atoms with Crippen LogP contribution in [-0.2, 0) is 26.6 Å². The molecular weight excluding hydrogens is 384 g/mol. The van der Waals surface area contributed by atoms with Gasteiger partial charge in [0.15, 0.2) is 0 Å². The summed E-state index contributed by atoms with van der Waals surface area (Å²) in [5.74, 6) is 1.57. The smallest absolute Gasteiger partial charge is 0.377 e. The Bertz CT molecular complexity index is 248. The Kier molecular flexibility index (Phi) is 19.6. The van der Waals surface area contributed by atoms with Gasteiger partial charge in [-0.25, -0.2) is 0 Å². The van der Waals surface area contributed by atoms with Gasteiger partial charge in [-0.15, -0.1) is 0 Å². The zero-order valence-corrected chi connectivity index (χ0v) is 19.8. The number of thiol groups is 2. The molecule has 0 N–H and O–H groups in total. The molecule has 0 atom stereocenters. The van der Waals surface area contributed by atoms with E-state index < -0.39 is 17.6 Å². The Morgan fingerprint density at radius 3 is 1.25 bits per heavy atom. The van der Waals surface area contributed by atoms with Gasteiger partial charge in [-0.05, 0) is 38.7 Å². The van der Waals surface area contributed by atoms with Crippen molar-refractivity contribution in [1.82, 2.24) is 0 Å². The normalized spacial score (nSPS) is 12.0. The molecule has 0 bridgehead atoms. The van der Waals surface area contributed by atoms with E-state index in [2.05, 4.69) is 25.3 Å². The van der Waals surface area contributed by atoms with Crippen molar-refractivity contribution in [2.24, 2.45) is 0 Å². The third-order valence-corrected chi connectivity index (χ3v) is 9.93. The predicted octanol–water partition coefficient (Wildman–Crippen LogP) is 3.15. The minimum atomic E-state index is -2.37. The molecule has 10 heteroatoms. The van der Waals surface area contributed by atoms with Gasteiger partial charge in [0.25, 0.3) is 0 Å². The number of rotatable bonds is 14. The molecule has 0 heterocycles. The van der Waals surface area contributed by atoms with Crippen LogP contribution in [0.4, 0.5) is 0 Å². The Labute approximate surface area is 161 Å². The van der Waals surface area contributed by atoms with Gasteiger partial charge in [0.2, 0.25) is 0 Å². The molecule has 0 saturated heterocycles. The van der Waals surface area contributed by atoms with Gasteiger partial charge in [0, 0.05) is 53.2 Å². The molecule has 0 spiro atoms. The van der Waals surface area contributed by atoms with Crippen LogP contribution in [0, 0.1) is 0 Å². The van der Waals surface area contributed by atoms with E-state index >= 15 is 0 Å². The van der Waals surface area contributed by atoms with E-state index in [1.807, 2.05) is 20.8 Å². The molecular formula is C14H36O6S2Si2. The molecule has 24 heavy (non-hydrogen) atoms. The molecule has 6 nitrogen and oxygen atoms in total. The van der Waals surface area contributed by atoms with Crippen molar-refractivity contribution in [1.29, 1.82) is 0 Å². The maximum atomic E-state index is 5.67. The monoisotopic (exact) mass is 420 g/mol. The molecule has 0 aliphatic rings. The fourth-order valence-electron chi connectivity index (χ4n) is 1.99. The average molecular weight is 421 g/mol. The van der Waals surface area contributed by atoms with Gasteiger partial charge in [0.05, 0.1) is 0 Å². The maximum Gasteiger partial charge on any atom is 0.500 e. The van der Waals surface area contributed by atoms with Crippen molar-refractivity contribution >= 4 is 42.9 Å². The molecule has 0 aromatic carbocycles. The lowest BCUT2D eigenvalue weighted by Crippen LogP contribution is -2.46. The van der Waals surface area contributed by atoms with Gasteiger partial charge in [-0.2, -0.15) is 25.3 Å². The standard InChI is InChI=1S/C9H22O3SSi.C5H14O3SSi/c1-4-10-14(11-5-2,12-6-3)9-7-8-13;1-6-10(7-2,8-3)5-4-9/h13H,4-9H2,1-3H3;9H,4-5H2,1-3H3. The van der Waals surface area contributed by atoms with Gasteiger partial charge in [0.1, 0.15) is 0 Å². The van der Waals surface area contributed by atoms with Crippen molar-refractivity contribution in [3.8, 4) is 0 Å². The molecule has 0 saturated carbocycles. The molecule has 0 aliphatic heterocycles. The van der Waals surface area contributed by atoms with Crippen LogP contribution in [0.2, 0.25) is 12.1 Å². The fourth-order valence-corrected chi connectivity index (χ4v) is 7.27. The largest absolute Gasteiger partial charge is 0.500 e. The van der Waals surface area contributed by atoms with Gasteiger partial charge in [-0.3, -0.25) is 0 Å². The zero-order chi connectivity index (χ0) is 18.9. The van der Waals surface area contributed by atoms with Crippen LogP contribution in [0.3, 0.4) is 0 Å². The molecule has 0 aliphatic carbocycles. The predicted molar refractivity (Wildman–Crippen MR) is 109 cm³/mol. The summed E-state index contributed by atoms with van der Waals surface area (Å²) in [6, 6.07) is 1.62. The minimum absolute atomic E-state index is 0.652. The first-order valence-electron chi connectivity index (χ1n) is 8.28. The average Bonchev–Trinajstić information content (AvgIpc) is 2.59. The summed E-state index contributed by atoms with van der Waals surface area (Å²) in [6.07, 6.45) is 0.981. The minimum Gasteiger partial charge on any atom is -0.377 e. The SMILES string of the molecule is CCO[Si](CCCS)(OCC)OCC.CO[Si](CCS)(OC)OC. The lowest BCUT2D eigenvalue weighted by Gasteiger charge is -2.28. The highest BCUT2D eigenvalue weighted by Gasteiger charge is 2.39. The third kappa shape index (κ3) is 11.5. The summed E-state index contributed by atoms with van der Waals surface area (Å²) in [5, 5.41) is 0. The fraction of sp³-hybridized carbons (Fsp3) is 1.00. The third-order valence-electron chi connectivity index (χ3n) is 3.08. The summed E-state index contributed by atoms with van der Waals surface area (Å²) in [6.45, 7) is 7.87. The van der Waals surface area contributed by atoms with Crippen LogP contribution >= 0.6 is 25.3 Å². The summed E-state index contributed by atoms with van der Waals surface area (Å²) in [5.41, 5.74) is 0. The van der Waals surface area contributed by atoms with Gasteiger partial charge in [-0.1, -0.05) is 0 Å². The van der Waals surface area contributed by atoms with Crippen molar-refractivity contribution in [2.45, 2.75) is 39.3 Å². The quantitative estimate of drug-likeness (QED) is 0.333. The van der Waals surface area contributed by atoms with Crippen LogP contribution in [0.1, 0.15) is 27.2 Å². The molecule has 0 aromatic rings. The van der Waals surface area contributed by atoms with E-state index in [0.717, 1.165) is 30.0 Å². The second-order valence-corrected chi connectivity index (χ2v) is 11.3. The Morgan fingerprint density at radius 1 is 0.625 bits per heavy atom. The van der Waals surface area contributed by atoms with E-state index in [4.69, 9.17) is 26.6 Å². The first-order valence-corrected chi connectivity index (χ1v) is 13.4. The Morgan fingerprint density at radius 2 is 1.04 bits per heavy atom. The second kappa shape index (κ2) is 17.3. The van der Waals surface area contributed by atoms with Crippen molar-refractivity contribution in [3.63, 3.8) is 0 Å². The molecule has 0 radical (unpaired) electrons. The summed E-state index contributed by atoms with van der Waals surface area (Å²) >= 11 is 8.26. The van der Waals surface area contributed by atoms with E-state index in [1.165, 1.54) is 0 Å². The first-order chi connectivity index (χ1) is 11.5. The van der Waals surface area contributed by atoms with Crippen molar-refractivity contribution in [2.75, 3.05) is 52.7 Å². The topological polar surface area (TPSA) is 55.4 Å². The van der Waals surface area contributed by atoms with Crippen molar-refractivity contribution in [3.05, 3.63) is 0 Å². The van der Waals surface area contributed by atoms with E-state index in [0.29, 0.717) is 19.8 Å². The lowest BCUT2D eigenvalue weighted by atomic mass is 10.6. The maximum absolute atomic E-state index is 5.67. The first kappa shape index (κ1) is 27.1. The highest BCUT2D eigenvalue weighted by molar-refractivity contribution is 7.80. The summed E-state index contributed by atoms with van der Waals surface area (Å²) in [7, 11) is 0.140. The van der Waals surface area contributed by atoms with Crippen LogP contribution in [0.25, 0.3) is 0 Å². The lowest BCUT2D eigenvalue weighted by molar-refractivity contribution is 0.0712. The van der Waals surface area contributed by atoms with Gasteiger partial charge >= 0.3 is 17.6 Å². The molecule has 0 amide bonds. The zero-order valence-electron chi connectivity index (χ0n) is 16.0. The number of hydrogen-bond donors (Lipinski definition) is 2. The molecule has 0 unspecified atom stereocenters. The highest BCUT2D eigenvalue weighted by Crippen LogP contribution is 2.18. The van der Waals surface area contributed by atoms with Crippen LogP contribution in [0.15, 0.2) is 0 Å². The van der Waals surface area contributed by atoms with E-state index in [-0.39, 0.29) is 0 Å². The second-order valence-electron chi connectivity index (χ2n) is 4.58. The highest BCUT2D eigenvalue weighted by atomic mass is 32.1. The van der Waals surface area contributed by atoms with E-state index in [1.54, 1.807) is 21.3 Å².